The number of carbonyl (C=O) groups excluding carboxylic acids is 1. The van der Waals surface area contributed by atoms with Crippen molar-refractivity contribution < 1.29 is 13.2 Å². The van der Waals surface area contributed by atoms with Crippen LogP contribution in [0.1, 0.15) is 10.4 Å². The first-order valence-corrected chi connectivity index (χ1v) is 6.99. The molecule has 0 saturated carbocycles. The number of halogens is 1. The average molecular weight is 274 g/mol. The number of hydrogen-bond donors (Lipinski definition) is 1. The largest absolute Gasteiger partial charge is 0.347 e. The maximum absolute atomic E-state index is 11.5. The summed E-state index contributed by atoms with van der Waals surface area (Å²) in [5, 5.41) is 2.86. The Hall–Kier alpha value is -1.33. The highest BCUT2D eigenvalue weighted by Crippen LogP contribution is 2.10. The summed E-state index contributed by atoms with van der Waals surface area (Å²) >= 11 is 5.51. The van der Waals surface area contributed by atoms with Crippen molar-refractivity contribution in [3.8, 4) is 0 Å². The van der Waals surface area contributed by atoms with Crippen molar-refractivity contribution >= 4 is 27.3 Å². The topological polar surface area (TPSA) is 63.2 Å². The molecule has 0 spiro atoms. The van der Waals surface area contributed by atoms with Crippen LogP contribution in [-0.2, 0) is 9.84 Å². The summed E-state index contributed by atoms with van der Waals surface area (Å²) in [5.74, 6) is -0.327. The van der Waals surface area contributed by atoms with Gasteiger partial charge in [0.15, 0.2) is 9.84 Å². The molecule has 0 aliphatic rings. The molecule has 1 rings (SSSR count). The summed E-state index contributed by atoms with van der Waals surface area (Å²) in [7, 11) is -3.24. The van der Waals surface area contributed by atoms with E-state index in [2.05, 4.69) is 11.9 Å². The van der Waals surface area contributed by atoms with E-state index in [1.54, 1.807) is 0 Å². The highest BCUT2D eigenvalue weighted by atomic mass is 35.5. The first-order chi connectivity index (χ1) is 7.80. The Morgan fingerprint density at radius 3 is 2.29 bits per heavy atom. The molecule has 0 aromatic heterocycles. The number of sulfone groups is 1. The van der Waals surface area contributed by atoms with Crippen molar-refractivity contribution in [1.82, 2.24) is 5.32 Å². The Balaban J connectivity index is 2.81. The zero-order valence-electron chi connectivity index (χ0n) is 9.23. The highest BCUT2D eigenvalue weighted by Gasteiger charge is 2.09. The van der Waals surface area contributed by atoms with E-state index in [-0.39, 0.29) is 17.3 Å². The van der Waals surface area contributed by atoms with Crippen LogP contribution in [0.2, 0.25) is 0 Å². The fraction of sp³-hybridized carbons (Fsp3) is 0.182. The minimum absolute atomic E-state index is 0.175. The molecule has 0 bridgehead atoms. The van der Waals surface area contributed by atoms with Crippen LogP contribution >= 0.6 is 11.6 Å². The van der Waals surface area contributed by atoms with Gasteiger partial charge in [-0.25, -0.2) is 8.42 Å². The molecule has 0 aliphatic carbocycles. The lowest BCUT2D eigenvalue weighted by Crippen LogP contribution is -2.24. The Kier molecular flexibility index (Phi) is 4.31. The molecular weight excluding hydrogens is 262 g/mol. The van der Waals surface area contributed by atoms with Crippen LogP contribution in [0, 0.1) is 0 Å². The summed E-state index contributed by atoms with van der Waals surface area (Å²) in [5.41, 5.74) is 0.371. The predicted octanol–water partition coefficient (Wildman–Crippen LogP) is 1.57. The first-order valence-electron chi connectivity index (χ1n) is 4.72. The van der Waals surface area contributed by atoms with Gasteiger partial charge in [-0.2, -0.15) is 0 Å². The second-order valence-electron chi connectivity index (χ2n) is 3.50. The van der Waals surface area contributed by atoms with Crippen LogP contribution in [0.3, 0.4) is 0 Å². The molecular formula is C11H12ClNO3S. The lowest BCUT2D eigenvalue weighted by atomic mass is 10.2. The molecule has 1 amide bonds. The standard InChI is InChI=1S/C11H12ClNO3S/c1-8(12)7-13-11(14)9-3-5-10(6-4-9)17(2,15)16/h3-6H,1,7H2,2H3,(H,13,14). The van der Waals surface area contributed by atoms with Crippen molar-refractivity contribution in [2.75, 3.05) is 12.8 Å². The van der Waals surface area contributed by atoms with Crippen LogP contribution in [0.5, 0.6) is 0 Å². The lowest BCUT2D eigenvalue weighted by Gasteiger charge is -2.04. The minimum atomic E-state index is -3.24. The first kappa shape index (κ1) is 13.7. The van der Waals surface area contributed by atoms with Crippen molar-refractivity contribution in [1.29, 1.82) is 0 Å². The van der Waals surface area contributed by atoms with E-state index < -0.39 is 9.84 Å². The summed E-state index contributed by atoms with van der Waals surface area (Å²) in [4.78, 5) is 11.7. The summed E-state index contributed by atoms with van der Waals surface area (Å²) in [6, 6.07) is 5.67. The molecule has 0 saturated heterocycles. The van der Waals surface area contributed by atoms with Crippen molar-refractivity contribution in [2.45, 2.75) is 4.90 Å². The lowest BCUT2D eigenvalue weighted by molar-refractivity contribution is 0.0957. The van der Waals surface area contributed by atoms with E-state index >= 15 is 0 Å². The third-order valence-corrected chi connectivity index (χ3v) is 3.25. The van der Waals surface area contributed by atoms with Gasteiger partial charge in [0.1, 0.15) is 0 Å². The Labute approximate surface area is 105 Å². The molecule has 6 heteroatoms. The predicted molar refractivity (Wildman–Crippen MR) is 66.9 cm³/mol. The molecule has 1 N–H and O–H groups in total. The fourth-order valence-corrected chi connectivity index (χ4v) is 1.83. The molecule has 92 valence electrons. The maximum atomic E-state index is 11.5. The second-order valence-corrected chi connectivity index (χ2v) is 6.05. The fourth-order valence-electron chi connectivity index (χ4n) is 1.13. The van der Waals surface area contributed by atoms with Crippen LogP contribution < -0.4 is 5.32 Å². The molecule has 1 aromatic carbocycles. The average Bonchev–Trinajstić information content (AvgIpc) is 2.25. The van der Waals surface area contributed by atoms with Crippen LogP contribution in [0.15, 0.2) is 40.8 Å². The van der Waals surface area contributed by atoms with Gasteiger partial charge >= 0.3 is 0 Å². The van der Waals surface area contributed by atoms with Crippen molar-refractivity contribution in [2.24, 2.45) is 0 Å². The number of nitrogens with one attached hydrogen (secondary N) is 1. The molecule has 0 heterocycles. The van der Waals surface area contributed by atoms with E-state index in [0.29, 0.717) is 10.6 Å². The number of benzene rings is 1. The van der Waals surface area contributed by atoms with E-state index in [1.165, 1.54) is 24.3 Å². The van der Waals surface area contributed by atoms with Crippen LogP contribution in [0.4, 0.5) is 0 Å². The zero-order chi connectivity index (χ0) is 13.1. The molecule has 0 unspecified atom stereocenters. The molecule has 0 atom stereocenters. The van der Waals surface area contributed by atoms with Gasteiger partial charge in [-0.3, -0.25) is 4.79 Å². The number of carbonyl (C=O) groups is 1. The molecule has 17 heavy (non-hydrogen) atoms. The summed E-state index contributed by atoms with van der Waals surface area (Å²) < 4.78 is 22.4. The number of amides is 1. The third kappa shape index (κ3) is 4.20. The molecule has 4 nitrogen and oxygen atoms in total. The van der Waals surface area contributed by atoms with E-state index in [1.807, 2.05) is 0 Å². The van der Waals surface area contributed by atoms with E-state index in [4.69, 9.17) is 11.6 Å². The van der Waals surface area contributed by atoms with E-state index in [0.717, 1.165) is 6.26 Å². The summed E-state index contributed by atoms with van der Waals surface area (Å²) in [6.07, 6.45) is 1.11. The molecule has 0 radical (unpaired) electrons. The molecule has 0 aliphatic heterocycles. The van der Waals surface area contributed by atoms with Crippen LogP contribution in [0.25, 0.3) is 0 Å². The number of rotatable bonds is 4. The maximum Gasteiger partial charge on any atom is 0.251 e. The summed E-state index contributed by atoms with van der Waals surface area (Å²) in [6.45, 7) is 3.61. The van der Waals surface area contributed by atoms with Gasteiger partial charge in [-0.1, -0.05) is 18.2 Å². The van der Waals surface area contributed by atoms with Crippen molar-refractivity contribution in [3.05, 3.63) is 41.4 Å². The third-order valence-electron chi connectivity index (χ3n) is 1.99. The van der Waals surface area contributed by atoms with Gasteiger partial charge in [0.25, 0.3) is 5.91 Å². The number of hydrogen-bond acceptors (Lipinski definition) is 3. The minimum Gasteiger partial charge on any atom is -0.347 e. The quantitative estimate of drug-likeness (QED) is 0.906. The van der Waals surface area contributed by atoms with Gasteiger partial charge in [-0.05, 0) is 24.3 Å². The van der Waals surface area contributed by atoms with Gasteiger partial charge in [0.2, 0.25) is 0 Å². The van der Waals surface area contributed by atoms with Gasteiger partial charge in [0, 0.05) is 16.9 Å². The molecule has 1 aromatic rings. The normalized spacial score (nSPS) is 10.9. The molecule has 0 fully saturated rings. The van der Waals surface area contributed by atoms with Crippen molar-refractivity contribution in [3.63, 3.8) is 0 Å². The Morgan fingerprint density at radius 1 is 1.35 bits per heavy atom. The van der Waals surface area contributed by atoms with Gasteiger partial charge in [0.05, 0.1) is 11.4 Å². The highest BCUT2D eigenvalue weighted by molar-refractivity contribution is 7.90. The second kappa shape index (κ2) is 5.33. The zero-order valence-corrected chi connectivity index (χ0v) is 10.8. The van der Waals surface area contributed by atoms with Gasteiger partial charge in [-0.15, -0.1) is 0 Å². The smallest absolute Gasteiger partial charge is 0.251 e. The monoisotopic (exact) mass is 273 g/mol. The van der Waals surface area contributed by atoms with E-state index in [9.17, 15) is 13.2 Å². The van der Waals surface area contributed by atoms with Crippen LogP contribution in [-0.4, -0.2) is 27.1 Å². The van der Waals surface area contributed by atoms with Gasteiger partial charge < -0.3 is 5.32 Å². The SMILES string of the molecule is C=C(Cl)CNC(=O)c1ccc(S(C)(=O)=O)cc1. The Bertz CT molecular complexity index is 534. The Morgan fingerprint density at radius 2 is 1.88 bits per heavy atom.